The Morgan fingerprint density at radius 2 is 1.00 bits per heavy atom. The van der Waals surface area contributed by atoms with Crippen molar-refractivity contribution in [2.45, 2.75) is 19.8 Å². The summed E-state index contributed by atoms with van der Waals surface area (Å²) in [5.74, 6) is 0. The second-order valence-corrected chi connectivity index (χ2v) is 9.20. The molecule has 0 saturated heterocycles. The largest absolute Gasteiger partial charge is 0.237 e. The van der Waals surface area contributed by atoms with Crippen molar-refractivity contribution in [2.24, 2.45) is 0 Å². The van der Waals surface area contributed by atoms with Crippen LogP contribution in [0.5, 0.6) is 0 Å². The van der Waals surface area contributed by atoms with Gasteiger partial charge in [-0.3, -0.25) is 0 Å². The first-order valence-electron chi connectivity index (χ1n) is 9.76. The zero-order chi connectivity index (χ0) is 19.9. The van der Waals surface area contributed by atoms with Crippen LogP contribution in [0.2, 0.25) is 0 Å². The average Bonchev–Trinajstić information content (AvgIpc) is 2.81. The predicted octanol–water partition coefficient (Wildman–Crippen LogP) is 7.58. The second-order valence-electron chi connectivity index (χ2n) is 7.14. The van der Waals surface area contributed by atoms with Gasteiger partial charge in [0, 0.05) is 9.79 Å². The lowest BCUT2D eigenvalue weighted by molar-refractivity contribution is 0.953. The molecule has 0 aliphatic carbocycles. The Morgan fingerprint density at radius 1 is 0.433 bits per heavy atom. The van der Waals surface area contributed by atoms with Crippen molar-refractivity contribution in [2.75, 3.05) is 0 Å². The summed E-state index contributed by atoms with van der Waals surface area (Å²) in [5, 5.41) is 1.98. The zero-order valence-corrected chi connectivity index (χ0v) is 17.6. The van der Waals surface area contributed by atoms with Crippen LogP contribution < -0.4 is 0 Å². The summed E-state index contributed by atoms with van der Waals surface area (Å²) >= 11 is 3.42. The van der Waals surface area contributed by atoms with Gasteiger partial charge >= 0.3 is 0 Å². The summed E-state index contributed by atoms with van der Waals surface area (Å²) in [5.41, 5.74) is 6.80. The molecule has 142 valence electrons. The maximum Gasteiger partial charge on any atom is 0.134 e. The zero-order valence-electron chi connectivity index (χ0n) is 15.9. The first-order valence-corrected chi connectivity index (χ1v) is 11.4. The highest BCUT2D eigenvalue weighted by Crippen LogP contribution is 2.48. The number of fused-ring (bicyclic) bond motifs is 3. The Hall–Kier alpha value is -3.08. The van der Waals surface area contributed by atoms with Crippen LogP contribution in [0.15, 0.2) is 117 Å². The van der Waals surface area contributed by atoms with Gasteiger partial charge in [0.15, 0.2) is 0 Å². The third-order valence-electron chi connectivity index (χ3n) is 5.17. The Bertz CT molecular complexity index is 1400. The summed E-state index contributed by atoms with van der Waals surface area (Å²) in [6.45, 7) is 0. The van der Waals surface area contributed by atoms with E-state index in [1.807, 2.05) is 24.3 Å². The predicted molar refractivity (Wildman–Crippen MR) is 125 cm³/mol. The topological polar surface area (TPSA) is 25.8 Å². The van der Waals surface area contributed by atoms with Gasteiger partial charge in [0.2, 0.25) is 0 Å². The monoisotopic (exact) mass is 420 g/mol. The fourth-order valence-corrected chi connectivity index (χ4v) is 5.79. The molecule has 6 rings (SSSR count). The molecule has 2 nitrogen and oxygen atoms in total. The van der Waals surface area contributed by atoms with Crippen LogP contribution in [0.3, 0.4) is 0 Å². The third-order valence-corrected chi connectivity index (χ3v) is 7.52. The van der Waals surface area contributed by atoms with Gasteiger partial charge in [-0.2, -0.15) is 0 Å². The first-order chi connectivity index (χ1) is 14.8. The van der Waals surface area contributed by atoms with E-state index in [1.54, 1.807) is 23.5 Å². The number of hydrogen-bond donors (Lipinski definition) is 0. The van der Waals surface area contributed by atoms with Crippen LogP contribution in [-0.2, 0) is 0 Å². The normalized spacial score (nSPS) is 12.4. The molecular weight excluding hydrogens is 404 g/mol. The molecule has 0 unspecified atom stereocenters. The summed E-state index contributed by atoms with van der Waals surface area (Å²) < 4.78 is 0. The van der Waals surface area contributed by atoms with Crippen LogP contribution in [0.25, 0.3) is 33.3 Å². The first kappa shape index (κ1) is 17.8. The number of aromatic nitrogens is 2. The number of rotatable bonds is 2. The van der Waals surface area contributed by atoms with Crippen molar-refractivity contribution in [3.05, 3.63) is 97.1 Å². The van der Waals surface area contributed by atoms with Gasteiger partial charge in [0.05, 0.1) is 11.0 Å². The average molecular weight is 421 g/mol. The van der Waals surface area contributed by atoms with Gasteiger partial charge in [-0.15, -0.1) is 0 Å². The van der Waals surface area contributed by atoms with Gasteiger partial charge in [0.25, 0.3) is 0 Å². The van der Waals surface area contributed by atoms with E-state index in [9.17, 15) is 0 Å². The van der Waals surface area contributed by atoms with Crippen LogP contribution in [0, 0.1) is 0 Å². The molecule has 0 spiro atoms. The molecular formula is C26H16N2S2. The molecule has 2 heterocycles. The molecule has 0 radical (unpaired) electrons. The molecule has 0 amide bonds. The Balaban J connectivity index is 1.38. The fraction of sp³-hybridized carbons (Fsp3) is 0. The van der Waals surface area contributed by atoms with Crippen molar-refractivity contribution in [1.29, 1.82) is 0 Å². The minimum atomic E-state index is 0.944. The van der Waals surface area contributed by atoms with Crippen LogP contribution >= 0.6 is 23.5 Å². The molecule has 1 aromatic heterocycles. The lowest BCUT2D eigenvalue weighted by atomic mass is 9.99. The van der Waals surface area contributed by atoms with Gasteiger partial charge in [-0.25, -0.2) is 9.97 Å². The molecule has 1 aliphatic heterocycles. The van der Waals surface area contributed by atoms with Crippen LogP contribution in [-0.4, -0.2) is 9.97 Å². The molecule has 0 fully saturated rings. The van der Waals surface area contributed by atoms with Crippen LogP contribution in [0.1, 0.15) is 0 Å². The van der Waals surface area contributed by atoms with Gasteiger partial charge in [0.1, 0.15) is 10.1 Å². The van der Waals surface area contributed by atoms with Crippen molar-refractivity contribution >= 4 is 34.6 Å². The van der Waals surface area contributed by atoms with E-state index in [2.05, 4.69) is 72.8 Å². The lowest BCUT2D eigenvalue weighted by Crippen LogP contribution is -1.97. The van der Waals surface area contributed by atoms with Crippen molar-refractivity contribution in [1.82, 2.24) is 9.97 Å². The molecule has 30 heavy (non-hydrogen) atoms. The third kappa shape index (κ3) is 3.18. The highest BCUT2D eigenvalue weighted by atomic mass is 32.2. The molecule has 0 N–H and O–H groups in total. The maximum absolute atomic E-state index is 4.85. The van der Waals surface area contributed by atoms with E-state index in [4.69, 9.17) is 9.97 Å². The smallest absolute Gasteiger partial charge is 0.134 e. The Kier molecular flexibility index (Phi) is 4.33. The summed E-state index contributed by atoms with van der Waals surface area (Å²) in [6, 6.07) is 34.0. The quantitative estimate of drug-likeness (QED) is 0.288. The standard InChI is InChI=1S/C26H16N2S2/c1-2-7-17(8-3-1)18-9-6-10-19(15-18)20-13-14-23-24(16-20)30-26-25(29-23)27-21-11-4-5-12-22(21)28-26/h1-16H. The summed E-state index contributed by atoms with van der Waals surface area (Å²) in [6.07, 6.45) is 0. The molecule has 4 aromatic carbocycles. The van der Waals surface area contributed by atoms with E-state index in [1.165, 1.54) is 32.0 Å². The lowest BCUT2D eigenvalue weighted by Gasteiger charge is -2.18. The summed E-state index contributed by atoms with van der Waals surface area (Å²) in [4.78, 5) is 12.1. The molecule has 0 atom stereocenters. The molecule has 1 aliphatic rings. The highest BCUT2D eigenvalue weighted by molar-refractivity contribution is 8.05. The van der Waals surface area contributed by atoms with E-state index >= 15 is 0 Å². The number of nitrogens with zero attached hydrogens (tertiary/aromatic N) is 2. The minimum absolute atomic E-state index is 0.944. The Morgan fingerprint density at radius 3 is 1.73 bits per heavy atom. The van der Waals surface area contributed by atoms with E-state index in [0.717, 1.165) is 21.1 Å². The fourth-order valence-electron chi connectivity index (χ4n) is 3.67. The SMILES string of the molecule is c1ccc(-c2cccc(-c3ccc4c(c3)Sc3nc5ccccc5nc3S4)c2)cc1. The maximum atomic E-state index is 4.85. The molecule has 0 saturated carbocycles. The summed E-state index contributed by atoms with van der Waals surface area (Å²) in [7, 11) is 0. The van der Waals surface area contributed by atoms with Gasteiger partial charge in [-0.05, 0) is 52.6 Å². The minimum Gasteiger partial charge on any atom is -0.237 e. The van der Waals surface area contributed by atoms with Crippen molar-refractivity contribution in [3.8, 4) is 22.3 Å². The number of para-hydroxylation sites is 2. The molecule has 0 bridgehead atoms. The van der Waals surface area contributed by atoms with E-state index in [-0.39, 0.29) is 0 Å². The van der Waals surface area contributed by atoms with Crippen molar-refractivity contribution < 1.29 is 0 Å². The van der Waals surface area contributed by atoms with Crippen LogP contribution in [0.4, 0.5) is 0 Å². The number of hydrogen-bond acceptors (Lipinski definition) is 4. The second kappa shape index (κ2) is 7.31. The van der Waals surface area contributed by atoms with Gasteiger partial charge < -0.3 is 0 Å². The molecule has 4 heteroatoms. The van der Waals surface area contributed by atoms with Crippen molar-refractivity contribution in [3.63, 3.8) is 0 Å². The Labute approximate surface area is 183 Å². The number of benzene rings is 4. The van der Waals surface area contributed by atoms with Gasteiger partial charge in [-0.1, -0.05) is 90.3 Å². The highest BCUT2D eigenvalue weighted by Gasteiger charge is 2.21. The van der Waals surface area contributed by atoms with E-state index < -0.39 is 0 Å². The molecule has 5 aromatic rings. The van der Waals surface area contributed by atoms with E-state index in [0.29, 0.717) is 0 Å².